The van der Waals surface area contributed by atoms with Crippen molar-refractivity contribution in [2.75, 3.05) is 6.61 Å². The SMILES string of the molecule is Cc1oc(COCC2CCCC2)cc1C(=O)NN. The number of amides is 1. The number of aryl methyl sites for hydroxylation is 1. The summed E-state index contributed by atoms with van der Waals surface area (Å²) in [6.45, 7) is 2.93. The second kappa shape index (κ2) is 6.02. The van der Waals surface area contributed by atoms with Crippen LogP contribution in [0.3, 0.4) is 0 Å². The standard InChI is InChI=1S/C13H20N2O3/c1-9-12(13(16)15-14)6-11(18-9)8-17-7-10-4-2-3-5-10/h6,10H,2-5,7-8,14H2,1H3,(H,15,16). The van der Waals surface area contributed by atoms with Crippen molar-refractivity contribution < 1.29 is 13.9 Å². The molecule has 0 spiro atoms. The molecular formula is C13H20N2O3. The molecule has 0 radical (unpaired) electrons. The van der Waals surface area contributed by atoms with Crippen LogP contribution in [0.1, 0.15) is 47.6 Å². The summed E-state index contributed by atoms with van der Waals surface area (Å²) in [5, 5.41) is 0. The number of hydrogen-bond acceptors (Lipinski definition) is 4. The minimum absolute atomic E-state index is 0.335. The lowest BCUT2D eigenvalue weighted by atomic mass is 10.1. The Hall–Kier alpha value is -1.33. The van der Waals surface area contributed by atoms with Gasteiger partial charge in [-0.3, -0.25) is 10.2 Å². The van der Waals surface area contributed by atoms with Gasteiger partial charge in [0.15, 0.2) is 0 Å². The third-order valence-electron chi connectivity index (χ3n) is 3.42. The zero-order chi connectivity index (χ0) is 13.0. The summed E-state index contributed by atoms with van der Waals surface area (Å²) in [6.07, 6.45) is 5.15. The molecule has 0 saturated heterocycles. The molecule has 5 nitrogen and oxygen atoms in total. The van der Waals surface area contributed by atoms with Crippen LogP contribution in [0.25, 0.3) is 0 Å². The van der Waals surface area contributed by atoms with Crippen molar-refractivity contribution in [2.24, 2.45) is 11.8 Å². The van der Waals surface area contributed by atoms with Crippen molar-refractivity contribution in [1.82, 2.24) is 5.43 Å². The smallest absolute Gasteiger partial charge is 0.268 e. The highest BCUT2D eigenvalue weighted by Crippen LogP contribution is 2.25. The first kappa shape index (κ1) is 13.1. The number of ether oxygens (including phenoxy) is 1. The Kier molecular flexibility index (Phi) is 4.38. The summed E-state index contributed by atoms with van der Waals surface area (Å²) in [5.41, 5.74) is 2.57. The van der Waals surface area contributed by atoms with Gasteiger partial charge in [-0.15, -0.1) is 0 Å². The van der Waals surface area contributed by atoms with Crippen LogP contribution in [0, 0.1) is 12.8 Å². The first-order chi connectivity index (χ1) is 8.70. The maximum absolute atomic E-state index is 11.4. The molecule has 18 heavy (non-hydrogen) atoms. The molecule has 2 rings (SSSR count). The summed E-state index contributed by atoms with van der Waals surface area (Å²) in [4.78, 5) is 11.4. The summed E-state index contributed by atoms with van der Waals surface area (Å²) in [5.74, 6) is 6.68. The van der Waals surface area contributed by atoms with Crippen molar-refractivity contribution in [1.29, 1.82) is 0 Å². The van der Waals surface area contributed by atoms with E-state index < -0.39 is 0 Å². The zero-order valence-corrected chi connectivity index (χ0v) is 10.7. The summed E-state index contributed by atoms with van der Waals surface area (Å²) >= 11 is 0. The van der Waals surface area contributed by atoms with Crippen LogP contribution in [-0.2, 0) is 11.3 Å². The van der Waals surface area contributed by atoms with E-state index in [4.69, 9.17) is 15.0 Å². The van der Waals surface area contributed by atoms with Crippen LogP contribution in [-0.4, -0.2) is 12.5 Å². The number of nitrogens with one attached hydrogen (secondary N) is 1. The van der Waals surface area contributed by atoms with E-state index >= 15 is 0 Å². The first-order valence-corrected chi connectivity index (χ1v) is 6.38. The number of furan rings is 1. The fourth-order valence-corrected chi connectivity index (χ4v) is 2.42. The molecule has 0 aliphatic heterocycles. The highest BCUT2D eigenvalue weighted by molar-refractivity contribution is 5.94. The monoisotopic (exact) mass is 252 g/mol. The lowest BCUT2D eigenvalue weighted by Crippen LogP contribution is -2.30. The van der Waals surface area contributed by atoms with Crippen LogP contribution in [0.2, 0.25) is 0 Å². The van der Waals surface area contributed by atoms with E-state index in [0.29, 0.717) is 29.6 Å². The molecule has 100 valence electrons. The average molecular weight is 252 g/mol. The van der Waals surface area contributed by atoms with Crippen molar-refractivity contribution in [3.8, 4) is 0 Å². The fourth-order valence-electron chi connectivity index (χ4n) is 2.42. The second-order valence-corrected chi connectivity index (χ2v) is 4.82. The van der Waals surface area contributed by atoms with E-state index in [9.17, 15) is 4.79 Å². The first-order valence-electron chi connectivity index (χ1n) is 6.38. The van der Waals surface area contributed by atoms with E-state index in [1.54, 1.807) is 13.0 Å². The third-order valence-corrected chi connectivity index (χ3v) is 3.42. The van der Waals surface area contributed by atoms with Crippen molar-refractivity contribution in [2.45, 2.75) is 39.2 Å². The van der Waals surface area contributed by atoms with Gasteiger partial charge in [0.2, 0.25) is 0 Å². The number of nitrogen functional groups attached to an aromatic ring is 1. The van der Waals surface area contributed by atoms with Gasteiger partial charge >= 0.3 is 0 Å². The Bertz CT molecular complexity index is 408. The van der Waals surface area contributed by atoms with Crippen LogP contribution in [0.5, 0.6) is 0 Å². The van der Waals surface area contributed by atoms with E-state index in [2.05, 4.69) is 5.43 Å². The summed E-state index contributed by atoms with van der Waals surface area (Å²) in [6, 6.07) is 1.69. The molecule has 0 atom stereocenters. The maximum Gasteiger partial charge on any atom is 0.268 e. The quantitative estimate of drug-likeness (QED) is 0.476. The lowest BCUT2D eigenvalue weighted by Gasteiger charge is -2.08. The van der Waals surface area contributed by atoms with Gasteiger partial charge in [-0.05, 0) is 31.7 Å². The molecule has 1 aliphatic carbocycles. The molecule has 0 unspecified atom stereocenters. The van der Waals surface area contributed by atoms with Crippen molar-refractivity contribution in [3.63, 3.8) is 0 Å². The maximum atomic E-state index is 11.4. The van der Waals surface area contributed by atoms with E-state index in [0.717, 1.165) is 6.61 Å². The number of carbonyl (C=O) groups excluding carboxylic acids is 1. The number of rotatable bonds is 5. The van der Waals surface area contributed by atoms with Gasteiger partial charge in [-0.2, -0.15) is 0 Å². The van der Waals surface area contributed by atoms with E-state index in [1.807, 2.05) is 0 Å². The molecule has 1 saturated carbocycles. The highest BCUT2D eigenvalue weighted by atomic mass is 16.5. The Balaban J connectivity index is 1.83. The molecule has 3 N–H and O–H groups in total. The topological polar surface area (TPSA) is 77.5 Å². The largest absolute Gasteiger partial charge is 0.463 e. The van der Waals surface area contributed by atoms with Gasteiger partial charge in [0.05, 0.1) is 5.56 Å². The number of nitrogens with two attached hydrogens (primary N) is 1. The molecule has 1 aliphatic rings. The highest BCUT2D eigenvalue weighted by Gasteiger charge is 2.16. The van der Waals surface area contributed by atoms with Gasteiger partial charge < -0.3 is 9.15 Å². The van der Waals surface area contributed by atoms with Gasteiger partial charge in [0.1, 0.15) is 18.1 Å². The van der Waals surface area contributed by atoms with Crippen LogP contribution in [0.4, 0.5) is 0 Å². The zero-order valence-electron chi connectivity index (χ0n) is 10.7. The van der Waals surface area contributed by atoms with Crippen LogP contribution < -0.4 is 11.3 Å². The Morgan fingerprint density at radius 1 is 1.56 bits per heavy atom. The second-order valence-electron chi connectivity index (χ2n) is 4.82. The minimum atomic E-state index is -0.335. The summed E-state index contributed by atoms with van der Waals surface area (Å²) < 4.78 is 11.1. The molecule has 1 aromatic heterocycles. The summed E-state index contributed by atoms with van der Waals surface area (Å²) in [7, 11) is 0. The predicted molar refractivity (Wildman–Crippen MR) is 66.7 cm³/mol. The molecule has 1 fully saturated rings. The van der Waals surface area contributed by atoms with Gasteiger partial charge in [0.25, 0.3) is 5.91 Å². The van der Waals surface area contributed by atoms with E-state index in [-0.39, 0.29) is 5.91 Å². The van der Waals surface area contributed by atoms with Crippen molar-refractivity contribution in [3.05, 3.63) is 23.2 Å². The molecule has 0 aromatic carbocycles. The Morgan fingerprint density at radius 2 is 2.28 bits per heavy atom. The molecule has 1 amide bonds. The number of carbonyl (C=O) groups is 1. The van der Waals surface area contributed by atoms with Gasteiger partial charge in [0, 0.05) is 6.61 Å². The fraction of sp³-hybridized carbons (Fsp3) is 0.615. The Labute approximate surface area is 107 Å². The lowest BCUT2D eigenvalue weighted by molar-refractivity contribution is 0.0767. The molecular weight excluding hydrogens is 232 g/mol. The predicted octanol–water partition coefficient (Wildman–Crippen LogP) is 1.90. The molecule has 1 aromatic rings. The van der Waals surface area contributed by atoms with Crippen LogP contribution >= 0.6 is 0 Å². The third kappa shape index (κ3) is 3.11. The normalized spacial score (nSPS) is 16.1. The Morgan fingerprint density at radius 3 is 2.94 bits per heavy atom. The molecule has 1 heterocycles. The van der Waals surface area contributed by atoms with Gasteiger partial charge in [-0.1, -0.05) is 12.8 Å². The van der Waals surface area contributed by atoms with Crippen LogP contribution in [0.15, 0.2) is 10.5 Å². The van der Waals surface area contributed by atoms with Gasteiger partial charge in [-0.25, -0.2) is 5.84 Å². The van der Waals surface area contributed by atoms with E-state index in [1.165, 1.54) is 25.7 Å². The number of hydrogen-bond donors (Lipinski definition) is 2. The molecule has 0 bridgehead atoms. The average Bonchev–Trinajstić information content (AvgIpc) is 2.98. The minimum Gasteiger partial charge on any atom is -0.463 e. The number of hydrazine groups is 1. The van der Waals surface area contributed by atoms with Crippen molar-refractivity contribution >= 4 is 5.91 Å². The molecule has 5 heteroatoms.